The van der Waals surface area contributed by atoms with Crippen molar-refractivity contribution in [1.29, 1.82) is 0 Å². The lowest BCUT2D eigenvalue weighted by atomic mass is 10.2. The van der Waals surface area contributed by atoms with Gasteiger partial charge in [-0.15, -0.1) is 0 Å². The van der Waals surface area contributed by atoms with Gasteiger partial charge in [0.25, 0.3) is 0 Å². The van der Waals surface area contributed by atoms with Crippen LogP contribution >= 0.6 is 0 Å². The molecule has 44 heteroatoms. The Morgan fingerprint density at radius 1 is 0.169 bits per heavy atom. The minimum absolute atomic E-state index is 0.229. The Bertz CT molecular complexity index is 4390. The zero-order valence-corrected chi connectivity index (χ0v) is 84.6. The van der Waals surface area contributed by atoms with Crippen LogP contribution in [0.25, 0.3) is 0 Å². The smallest absolute Gasteiger partial charge is 0.317 e. The maximum absolute atomic E-state index is 11.1. The van der Waals surface area contributed by atoms with Gasteiger partial charge in [0.05, 0.1) is 94.5 Å². The molecule has 0 atom stereocenters. The van der Waals surface area contributed by atoms with Crippen molar-refractivity contribution in [2.75, 3.05) is 236 Å². The zero-order valence-electron chi connectivity index (χ0n) is 84.6. The molecular weight excluding hydrogens is 1880 g/mol. The lowest BCUT2D eigenvalue weighted by molar-refractivity contribution is -0.141. The molecule has 0 saturated carbocycles. The van der Waals surface area contributed by atoms with E-state index in [0.29, 0.717) is 52.4 Å². The molecule has 0 unspecified atom stereocenters. The van der Waals surface area contributed by atoms with Gasteiger partial charge in [0.15, 0.2) is 0 Å². The molecule has 44 nitrogen and oxygen atoms in total. The van der Waals surface area contributed by atoms with E-state index in [1.807, 2.05) is 147 Å². The number of aromatic nitrogens is 20. The summed E-state index contributed by atoms with van der Waals surface area (Å²) in [4.78, 5) is 134. The molecular formula is C104H140N36O8. The molecule has 4 N–H and O–H groups in total. The molecule has 0 radical (unpaired) electrons. The van der Waals surface area contributed by atoms with Gasteiger partial charge in [-0.1, -0.05) is 24.3 Å². The largest absolute Gasteiger partial charge is 0.480 e. The van der Waals surface area contributed by atoms with Crippen LogP contribution in [0.4, 0.5) is 0 Å². The molecule has 0 bridgehead atoms. The summed E-state index contributed by atoms with van der Waals surface area (Å²) in [5.74, 6) is -4.08. The highest BCUT2D eigenvalue weighted by atomic mass is 16.4. The zero-order chi connectivity index (χ0) is 103. The normalized spacial score (nSPS) is 17.6. The standard InChI is InChI=1S/C32H40N8.2C28H36N12.C16H28N4O8/c1-5-13-33-29(9-1)25-37-17-19-38(26-30-10-2-6-14-34-30)21-23-40(28-32-12-4-8-16-36-32)24-22-39(20-18-37)27-31-11-3-7-15-35-31;1-5-29-21-33-25(1)17-37-9-11-38(18-26-2-6-30-22-34-26)13-15-40(20-28-4-8-32-24-36-28)16-14-39(12-10-37)19-27-3-7-31-23-35-27;1-5-25(33-29-9-1)21-37-13-15-38(22-26-6-2-10-30-34-26)17-19-40(24-28-8-4-12-32-36-28)20-18-39(16-14-37)23-27-7-3-11-31-35-27;21-13(22)9-17-1-2-18(10-14(23)24)5-6-20(12-16(27)28)8-7-19(4-3-17)11-15(25)26/h1-16H,17-28H2;1-8,21-24H,9-20H2;1-12H,13-24H2;1-12H2,(H,21,22)(H,23,24)(H,25,26)(H,27,28). The van der Waals surface area contributed by atoms with Crippen LogP contribution in [-0.4, -0.2) is 459 Å². The molecule has 148 heavy (non-hydrogen) atoms. The van der Waals surface area contributed by atoms with E-state index in [-0.39, 0.29) is 26.2 Å². The van der Waals surface area contributed by atoms with Crippen molar-refractivity contribution in [2.24, 2.45) is 0 Å². The Labute approximate surface area is 865 Å². The van der Waals surface area contributed by atoms with Gasteiger partial charge in [0.1, 0.15) is 25.3 Å². The van der Waals surface area contributed by atoms with Crippen LogP contribution in [0.2, 0.25) is 0 Å². The minimum Gasteiger partial charge on any atom is -0.480 e. The Kier molecular flexibility index (Phi) is 48.7. The van der Waals surface area contributed by atoms with Gasteiger partial charge in [-0.3, -0.25) is 118 Å². The van der Waals surface area contributed by atoms with Crippen molar-refractivity contribution in [2.45, 2.75) is 78.5 Å². The number of hydrogen-bond donors (Lipinski definition) is 4. The van der Waals surface area contributed by atoms with E-state index in [9.17, 15) is 19.2 Å². The molecule has 784 valence electrons. The van der Waals surface area contributed by atoms with Gasteiger partial charge in [0.2, 0.25) is 0 Å². The van der Waals surface area contributed by atoms with Crippen LogP contribution in [0.3, 0.4) is 0 Å². The quantitative estimate of drug-likeness (QED) is 0.0469. The maximum Gasteiger partial charge on any atom is 0.317 e. The summed E-state index contributed by atoms with van der Waals surface area (Å²) in [6.45, 7) is 33.4. The number of carboxylic acid groups (broad SMARTS) is 4. The molecule has 4 aliphatic heterocycles. The van der Waals surface area contributed by atoms with Crippen LogP contribution in [0.15, 0.2) is 245 Å². The average molecular weight is 2020 g/mol. The van der Waals surface area contributed by atoms with Crippen LogP contribution < -0.4 is 0 Å². The second-order valence-corrected chi connectivity index (χ2v) is 36.9. The van der Waals surface area contributed by atoms with Crippen LogP contribution in [0.5, 0.6) is 0 Å². The number of nitrogens with zero attached hydrogens (tertiary/aromatic N) is 36. The summed E-state index contributed by atoms with van der Waals surface area (Å²) < 4.78 is 0. The van der Waals surface area contributed by atoms with Crippen molar-refractivity contribution >= 4 is 23.9 Å². The molecule has 16 rings (SSSR count). The Morgan fingerprint density at radius 2 is 0.318 bits per heavy atom. The fraction of sp³-hybridized carbons (Fsp3) is 0.462. The van der Waals surface area contributed by atoms with Gasteiger partial charge in [-0.25, -0.2) is 39.9 Å². The number of hydrogen-bond acceptors (Lipinski definition) is 40. The summed E-state index contributed by atoms with van der Waals surface area (Å²) in [6.07, 6.45) is 28.2. The third kappa shape index (κ3) is 44.6. The first kappa shape index (κ1) is 112. The fourth-order valence-corrected chi connectivity index (χ4v) is 17.6. The molecule has 0 amide bonds. The first-order chi connectivity index (χ1) is 72.5. The first-order valence-corrected chi connectivity index (χ1v) is 50.7. The highest BCUT2D eigenvalue weighted by Gasteiger charge is 2.27. The lowest BCUT2D eigenvalue weighted by Gasteiger charge is -2.34. The number of carbonyl (C=O) groups is 4. The third-order valence-electron chi connectivity index (χ3n) is 25.8. The predicted octanol–water partition coefficient (Wildman–Crippen LogP) is 3.47. The summed E-state index contributed by atoms with van der Waals surface area (Å²) >= 11 is 0. The van der Waals surface area contributed by atoms with Crippen molar-refractivity contribution in [1.82, 2.24) is 179 Å². The van der Waals surface area contributed by atoms with E-state index in [2.05, 4.69) is 208 Å². The highest BCUT2D eigenvalue weighted by Crippen LogP contribution is 2.18. The summed E-state index contributed by atoms with van der Waals surface area (Å²) in [6, 6.07) is 48.7. The van der Waals surface area contributed by atoms with E-state index in [4.69, 9.17) is 20.4 Å². The number of pyridine rings is 4. The Morgan fingerprint density at radius 3 is 0.446 bits per heavy atom. The average Bonchev–Trinajstić information content (AvgIpc) is 0.866. The molecule has 4 fully saturated rings. The molecule has 4 aliphatic rings. The van der Waals surface area contributed by atoms with Gasteiger partial charge in [-0.05, 0) is 121 Å². The van der Waals surface area contributed by atoms with Crippen LogP contribution in [0, 0.1) is 0 Å². The van der Waals surface area contributed by atoms with Gasteiger partial charge >= 0.3 is 23.9 Å². The molecule has 4 saturated heterocycles. The van der Waals surface area contributed by atoms with E-state index >= 15 is 0 Å². The van der Waals surface area contributed by atoms with Crippen molar-refractivity contribution in [3.63, 3.8) is 0 Å². The first-order valence-electron chi connectivity index (χ1n) is 50.7. The van der Waals surface area contributed by atoms with E-state index in [1.54, 1.807) is 69.7 Å². The summed E-state index contributed by atoms with van der Waals surface area (Å²) in [5.41, 5.74) is 12.5. The SMILES string of the molecule is O=C(O)CN1CCN(CC(=O)O)CCN(CC(=O)O)CCN(CC(=O)O)CC1.c1cc(CN2CCN(Cc3ccncn3)CCN(Cc3ccncn3)CCN(Cc3ccncn3)CC2)ncn1.c1ccc(CN2CCN(Cc3ccccn3)CCN(Cc3ccccn3)CCN(Cc3ccccn3)CC2)nc1.c1cnnc(CN2CCN(Cc3cccnn3)CCN(Cc3cccnn3)CCN(Cc3cccnn3)CC2)c1. The van der Waals surface area contributed by atoms with Crippen LogP contribution in [0.1, 0.15) is 68.3 Å². The molecule has 16 heterocycles. The minimum atomic E-state index is -1.02. The van der Waals surface area contributed by atoms with Gasteiger partial charge in [-0.2, -0.15) is 40.8 Å². The summed E-state index contributed by atoms with van der Waals surface area (Å²) in [7, 11) is 0. The summed E-state index contributed by atoms with van der Waals surface area (Å²) in [5, 5.41) is 70.1. The molecule has 0 aromatic carbocycles. The second-order valence-electron chi connectivity index (χ2n) is 36.9. The van der Waals surface area contributed by atoms with Crippen LogP contribution in [-0.2, 0) is 97.7 Å². The van der Waals surface area contributed by atoms with Crippen molar-refractivity contribution in [3.05, 3.63) is 314 Å². The topological polar surface area (TPSA) is 459 Å². The van der Waals surface area contributed by atoms with Crippen molar-refractivity contribution < 1.29 is 39.6 Å². The second kappa shape index (κ2) is 64.6. The predicted molar refractivity (Wildman–Crippen MR) is 553 cm³/mol. The maximum atomic E-state index is 11.1. The molecule has 12 aromatic rings. The highest BCUT2D eigenvalue weighted by molar-refractivity contribution is 5.70. The number of aliphatic carboxylic acids is 4. The number of rotatable bonds is 32. The Hall–Kier alpha value is -13.5. The lowest BCUT2D eigenvalue weighted by Crippen LogP contribution is -2.49. The van der Waals surface area contributed by atoms with E-state index in [0.717, 1.165) is 304 Å². The number of carboxylic acids is 4. The third-order valence-corrected chi connectivity index (χ3v) is 25.8. The molecule has 0 aliphatic carbocycles. The van der Waals surface area contributed by atoms with Crippen molar-refractivity contribution in [3.8, 4) is 0 Å². The van der Waals surface area contributed by atoms with Gasteiger partial charge in [0, 0.05) is 362 Å². The molecule has 0 spiro atoms. The van der Waals surface area contributed by atoms with E-state index in [1.165, 1.54) is 0 Å². The van der Waals surface area contributed by atoms with E-state index < -0.39 is 23.9 Å². The fourth-order valence-electron chi connectivity index (χ4n) is 17.6. The van der Waals surface area contributed by atoms with Gasteiger partial charge < -0.3 is 20.4 Å². The molecule has 12 aromatic heterocycles. The Balaban J connectivity index is 0.000000166. The monoisotopic (exact) mass is 2020 g/mol.